The van der Waals surface area contributed by atoms with E-state index in [-0.39, 0.29) is 28.2 Å². The molecule has 0 aromatic heterocycles. The Hall–Kier alpha value is -2.94. The quantitative estimate of drug-likeness (QED) is 0.707. The first-order valence-electron chi connectivity index (χ1n) is 9.36. The molecule has 0 amide bonds. The highest BCUT2D eigenvalue weighted by Crippen LogP contribution is 2.50. The number of allylic oxidation sites excluding steroid dienone is 3. The third kappa shape index (κ3) is 3.43. The van der Waals surface area contributed by atoms with Crippen molar-refractivity contribution in [2.45, 2.75) is 24.7 Å². The second-order valence-corrected chi connectivity index (χ2v) is 8.05. The Morgan fingerprint density at radius 2 is 1.93 bits per heavy atom. The molecule has 2 N–H and O–H groups in total. The van der Waals surface area contributed by atoms with Crippen LogP contribution in [0.25, 0.3) is 0 Å². The molecule has 2 aliphatic rings. The fourth-order valence-corrected chi connectivity index (χ4v) is 4.78. The van der Waals surface area contributed by atoms with E-state index in [4.69, 9.17) is 38.4 Å². The lowest BCUT2D eigenvalue weighted by atomic mass is 9.73. The summed E-state index contributed by atoms with van der Waals surface area (Å²) in [6.07, 6.45) is 0.801. The van der Waals surface area contributed by atoms with Gasteiger partial charge in [0.25, 0.3) is 0 Å². The summed E-state index contributed by atoms with van der Waals surface area (Å²) in [5.41, 5.74) is 8.21. The smallest absolute Gasteiger partial charge is 0.205 e. The van der Waals surface area contributed by atoms with Crippen molar-refractivity contribution < 1.29 is 14.3 Å². The van der Waals surface area contributed by atoms with Crippen molar-refractivity contribution >= 4 is 29.0 Å². The van der Waals surface area contributed by atoms with Gasteiger partial charge in [0.2, 0.25) is 5.88 Å². The molecule has 2 atom stereocenters. The van der Waals surface area contributed by atoms with E-state index in [0.29, 0.717) is 40.5 Å². The predicted octanol–water partition coefficient (Wildman–Crippen LogP) is 5.21. The third-order valence-corrected chi connectivity index (χ3v) is 5.98. The normalized spacial score (nSPS) is 21.1. The number of nitrogens with two attached hydrogens (primary N) is 1. The Morgan fingerprint density at radius 1 is 1.20 bits per heavy atom. The van der Waals surface area contributed by atoms with Gasteiger partial charge in [0.05, 0.1) is 18.1 Å². The number of ketones is 1. The number of ether oxygens (including phenoxy) is 2. The number of nitrogens with zero attached hydrogens (tertiary/aromatic N) is 1. The van der Waals surface area contributed by atoms with Crippen LogP contribution in [0.5, 0.6) is 5.75 Å². The van der Waals surface area contributed by atoms with Crippen molar-refractivity contribution in [3.8, 4) is 11.8 Å². The van der Waals surface area contributed by atoms with Crippen molar-refractivity contribution in [2.24, 2.45) is 5.73 Å². The Balaban J connectivity index is 1.87. The Labute approximate surface area is 184 Å². The predicted molar refractivity (Wildman–Crippen MR) is 114 cm³/mol. The van der Waals surface area contributed by atoms with Crippen LogP contribution in [0.4, 0.5) is 0 Å². The van der Waals surface area contributed by atoms with Gasteiger partial charge in [-0.05, 0) is 23.6 Å². The van der Waals surface area contributed by atoms with Crippen LogP contribution in [0.3, 0.4) is 0 Å². The molecule has 5 nitrogen and oxygen atoms in total. The van der Waals surface area contributed by atoms with Crippen LogP contribution < -0.4 is 10.5 Å². The molecule has 0 saturated carbocycles. The largest absolute Gasteiger partial charge is 0.495 e. The van der Waals surface area contributed by atoms with E-state index < -0.39 is 5.92 Å². The van der Waals surface area contributed by atoms with Crippen LogP contribution in [0.2, 0.25) is 10.0 Å². The van der Waals surface area contributed by atoms with E-state index in [0.717, 1.165) is 5.56 Å². The zero-order valence-electron chi connectivity index (χ0n) is 16.1. The second kappa shape index (κ2) is 8.06. The molecule has 152 valence electrons. The number of hydrogen-bond acceptors (Lipinski definition) is 5. The number of nitriles is 1. The van der Waals surface area contributed by atoms with Crippen molar-refractivity contribution in [3.63, 3.8) is 0 Å². The highest BCUT2D eigenvalue weighted by atomic mass is 35.5. The molecule has 0 fully saturated rings. The SMILES string of the molecule is COc1c(Cl)cc(Cl)cc1C1C(C#N)=C(N)OC2=C1C(=O)CC(c1ccccc1)C2. The zero-order valence-corrected chi connectivity index (χ0v) is 17.6. The van der Waals surface area contributed by atoms with Crippen LogP contribution in [0, 0.1) is 11.3 Å². The maximum atomic E-state index is 13.3. The fraction of sp³-hybridized carbons (Fsp3) is 0.217. The van der Waals surface area contributed by atoms with Gasteiger partial charge in [-0.3, -0.25) is 4.79 Å². The summed E-state index contributed by atoms with van der Waals surface area (Å²) < 4.78 is 11.3. The lowest BCUT2D eigenvalue weighted by Gasteiger charge is -2.34. The molecule has 1 aliphatic heterocycles. The number of Topliss-reactive ketones (excluding diaryl/α,β-unsaturated/α-hetero) is 1. The van der Waals surface area contributed by atoms with Gasteiger partial charge < -0.3 is 15.2 Å². The van der Waals surface area contributed by atoms with Gasteiger partial charge in [-0.1, -0.05) is 53.5 Å². The number of carbonyl (C=O) groups is 1. The molecule has 1 heterocycles. The van der Waals surface area contributed by atoms with Gasteiger partial charge in [0, 0.05) is 29.0 Å². The molecule has 4 rings (SSSR count). The molecule has 1 aliphatic carbocycles. The maximum Gasteiger partial charge on any atom is 0.205 e. The molecule has 0 spiro atoms. The van der Waals surface area contributed by atoms with Crippen LogP contribution in [0.1, 0.15) is 35.8 Å². The first kappa shape index (κ1) is 20.3. The Bertz CT molecular complexity index is 1130. The van der Waals surface area contributed by atoms with E-state index in [1.807, 2.05) is 30.3 Å². The first-order valence-corrected chi connectivity index (χ1v) is 10.1. The lowest BCUT2D eigenvalue weighted by molar-refractivity contribution is -0.117. The number of methoxy groups -OCH3 is 1. The minimum Gasteiger partial charge on any atom is -0.495 e. The molecule has 2 unspecified atom stereocenters. The van der Waals surface area contributed by atoms with Gasteiger partial charge in [0.15, 0.2) is 5.78 Å². The zero-order chi connectivity index (χ0) is 21.4. The van der Waals surface area contributed by atoms with Gasteiger partial charge in [-0.2, -0.15) is 5.26 Å². The Kier molecular flexibility index (Phi) is 5.46. The maximum absolute atomic E-state index is 13.3. The van der Waals surface area contributed by atoms with E-state index >= 15 is 0 Å². The number of hydrogen-bond donors (Lipinski definition) is 1. The second-order valence-electron chi connectivity index (χ2n) is 7.21. The van der Waals surface area contributed by atoms with Crippen molar-refractivity contribution in [1.29, 1.82) is 5.26 Å². The summed E-state index contributed by atoms with van der Waals surface area (Å²) in [5, 5.41) is 10.4. The third-order valence-electron chi connectivity index (χ3n) is 5.48. The number of carbonyl (C=O) groups excluding carboxylic acids is 1. The summed E-state index contributed by atoms with van der Waals surface area (Å²) in [6.45, 7) is 0. The highest BCUT2D eigenvalue weighted by Gasteiger charge is 2.42. The van der Waals surface area contributed by atoms with Crippen LogP contribution in [-0.2, 0) is 9.53 Å². The van der Waals surface area contributed by atoms with Crippen LogP contribution in [-0.4, -0.2) is 12.9 Å². The molecule has 30 heavy (non-hydrogen) atoms. The van der Waals surface area contributed by atoms with Crippen molar-refractivity contribution in [2.75, 3.05) is 7.11 Å². The van der Waals surface area contributed by atoms with E-state index in [9.17, 15) is 10.1 Å². The van der Waals surface area contributed by atoms with Crippen molar-refractivity contribution in [1.82, 2.24) is 0 Å². The van der Waals surface area contributed by atoms with E-state index in [1.165, 1.54) is 7.11 Å². The van der Waals surface area contributed by atoms with Crippen LogP contribution >= 0.6 is 23.2 Å². The average molecular weight is 441 g/mol. The van der Waals surface area contributed by atoms with Gasteiger partial charge in [-0.15, -0.1) is 0 Å². The van der Waals surface area contributed by atoms with Gasteiger partial charge in [-0.25, -0.2) is 0 Å². The molecule has 2 aromatic carbocycles. The molecule has 2 aromatic rings. The summed E-state index contributed by atoms with van der Waals surface area (Å²) in [7, 11) is 1.47. The summed E-state index contributed by atoms with van der Waals surface area (Å²) in [4.78, 5) is 13.3. The molecule has 7 heteroatoms. The number of benzene rings is 2. The summed E-state index contributed by atoms with van der Waals surface area (Å²) >= 11 is 12.6. The first-order chi connectivity index (χ1) is 14.4. The minimum atomic E-state index is -0.755. The van der Waals surface area contributed by atoms with E-state index in [2.05, 4.69) is 6.07 Å². The lowest BCUT2D eigenvalue weighted by Crippen LogP contribution is -2.30. The average Bonchev–Trinajstić information content (AvgIpc) is 2.72. The molecule has 0 saturated heterocycles. The number of halogens is 2. The molecular weight excluding hydrogens is 423 g/mol. The van der Waals surface area contributed by atoms with Gasteiger partial charge in [0.1, 0.15) is 23.2 Å². The van der Waals surface area contributed by atoms with Crippen LogP contribution in [0.15, 0.2) is 65.3 Å². The Morgan fingerprint density at radius 3 is 2.60 bits per heavy atom. The number of rotatable bonds is 3. The van der Waals surface area contributed by atoms with E-state index in [1.54, 1.807) is 12.1 Å². The highest BCUT2D eigenvalue weighted by molar-refractivity contribution is 6.35. The fourth-order valence-electron chi connectivity index (χ4n) is 4.19. The summed E-state index contributed by atoms with van der Waals surface area (Å²) in [6, 6.07) is 15.1. The van der Waals surface area contributed by atoms with Gasteiger partial charge >= 0.3 is 0 Å². The monoisotopic (exact) mass is 440 g/mol. The van der Waals surface area contributed by atoms with Crippen molar-refractivity contribution in [3.05, 3.63) is 86.4 Å². The topological polar surface area (TPSA) is 85.3 Å². The summed E-state index contributed by atoms with van der Waals surface area (Å²) in [5.74, 6) is -0.0963. The molecule has 0 radical (unpaired) electrons. The minimum absolute atomic E-state index is 0.0269. The standard InChI is InChI=1S/C23H18Cl2N2O3/c1-29-22-15(9-14(24)10-17(22)25)20-16(11-26)23(27)30-19-8-13(7-18(28)21(19)20)12-5-3-2-4-6-12/h2-6,9-10,13,20H,7-8,27H2,1H3. The molecular formula is C23H18Cl2N2O3. The molecule has 0 bridgehead atoms.